The van der Waals surface area contributed by atoms with E-state index in [-0.39, 0.29) is 11.7 Å². The largest absolute Gasteiger partial charge is 0.409 e. The van der Waals surface area contributed by atoms with Gasteiger partial charge in [-0.3, -0.25) is 4.79 Å². The number of hydrogen-bond acceptors (Lipinski definition) is 4. The van der Waals surface area contributed by atoms with E-state index >= 15 is 0 Å². The number of nitrogens with one attached hydrogen (secondary N) is 1. The van der Waals surface area contributed by atoms with E-state index in [1.807, 2.05) is 61.5 Å². The van der Waals surface area contributed by atoms with Gasteiger partial charge in [0.05, 0.1) is 5.69 Å². The normalized spacial score (nSPS) is 11.3. The standard InChI is InChI=1S/C25H28N4O2/c1-4-29(5-2)21-8-6-7-20(15-21)25(30)27-23-16-19(13-14-22(23)24(26)28-31)18-11-9-17(3)10-12-18/h6-16,31H,4-5H2,1-3H3,(H2,26,28)(H,27,30). The Kier molecular flexibility index (Phi) is 6.92. The van der Waals surface area contributed by atoms with Crippen molar-refractivity contribution in [3.05, 3.63) is 83.4 Å². The number of nitrogens with zero attached hydrogens (tertiary/aromatic N) is 2. The Morgan fingerprint density at radius 1 is 1.00 bits per heavy atom. The molecule has 0 spiro atoms. The van der Waals surface area contributed by atoms with Crippen molar-refractivity contribution in [1.29, 1.82) is 0 Å². The zero-order valence-electron chi connectivity index (χ0n) is 18.1. The fourth-order valence-corrected chi connectivity index (χ4v) is 3.48. The summed E-state index contributed by atoms with van der Waals surface area (Å²) in [7, 11) is 0. The van der Waals surface area contributed by atoms with Crippen molar-refractivity contribution in [2.75, 3.05) is 23.3 Å². The smallest absolute Gasteiger partial charge is 0.255 e. The molecule has 31 heavy (non-hydrogen) atoms. The van der Waals surface area contributed by atoms with E-state index in [0.717, 1.165) is 29.9 Å². The van der Waals surface area contributed by atoms with Gasteiger partial charge in [-0.2, -0.15) is 0 Å². The Labute approximate surface area is 183 Å². The van der Waals surface area contributed by atoms with Gasteiger partial charge in [0.25, 0.3) is 5.91 Å². The number of carbonyl (C=O) groups is 1. The van der Waals surface area contributed by atoms with Crippen LogP contribution in [0.4, 0.5) is 11.4 Å². The molecule has 0 aromatic heterocycles. The molecule has 0 saturated heterocycles. The van der Waals surface area contributed by atoms with E-state index in [1.165, 1.54) is 5.56 Å². The molecule has 0 saturated carbocycles. The van der Waals surface area contributed by atoms with Crippen LogP contribution in [0.2, 0.25) is 0 Å². The SMILES string of the molecule is CCN(CC)c1cccc(C(=O)Nc2cc(-c3ccc(C)cc3)ccc2/C(N)=N/O)c1. The predicted octanol–water partition coefficient (Wildman–Crippen LogP) is 4.86. The Morgan fingerprint density at radius 2 is 1.68 bits per heavy atom. The minimum atomic E-state index is -0.262. The van der Waals surface area contributed by atoms with Crippen molar-refractivity contribution in [3.8, 4) is 11.1 Å². The predicted molar refractivity (Wildman–Crippen MR) is 127 cm³/mol. The molecule has 160 valence electrons. The molecule has 0 bridgehead atoms. The highest BCUT2D eigenvalue weighted by molar-refractivity contribution is 6.10. The van der Waals surface area contributed by atoms with Crippen molar-refractivity contribution in [3.63, 3.8) is 0 Å². The highest BCUT2D eigenvalue weighted by Gasteiger charge is 2.14. The lowest BCUT2D eigenvalue weighted by Crippen LogP contribution is -2.23. The first-order chi connectivity index (χ1) is 15.0. The van der Waals surface area contributed by atoms with Crippen molar-refractivity contribution in [1.82, 2.24) is 0 Å². The fourth-order valence-electron chi connectivity index (χ4n) is 3.48. The third-order valence-corrected chi connectivity index (χ3v) is 5.27. The van der Waals surface area contributed by atoms with E-state index in [1.54, 1.807) is 12.1 Å². The summed E-state index contributed by atoms with van der Waals surface area (Å²) >= 11 is 0. The van der Waals surface area contributed by atoms with Crippen LogP contribution < -0.4 is 16.0 Å². The van der Waals surface area contributed by atoms with Gasteiger partial charge in [0.2, 0.25) is 0 Å². The van der Waals surface area contributed by atoms with Gasteiger partial charge in [-0.1, -0.05) is 47.1 Å². The summed E-state index contributed by atoms with van der Waals surface area (Å²) in [6, 6.07) is 21.1. The van der Waals surface area contributed by atoms with Gasteiger partial charge in [-0.25, -0.2) is 0 Å². The lowest BCUT2D eigenvalue weighted by molar-refractivity contribution is 0.102. The molecule has 3 aromatic rings. The second-order valence-corrected chi connectivity index (χ2v) is 7.29. The third kappa shape index (κ3) is 5.04. The number of benzene rings is 3. The molecular weight excluding hydrogens is 388 g/mol. The first-order valence-corrected chi connectivity index (χ1v) is 10.3. The van der Waals surface area contributed by atoms with Crippen LogP contribution in [-0.4, -0.2) is 30.0 Å². The zero-order valence-corrected chi connectivity index (χ0v) is 18.1. The Hall–Kier alpha value is -3.80. The van der Waals surface area contributed by atoms with Crippen molar-refractivity contribution >= 4 is 23.1 Å². The van der Waals surface area contributed by atoms with Gasteiger partial charge in [0.1, 0.15) is 0 Å². The monoisotopic (exact) mass is 416 g/mol. The summed E-state index contributed by atoms with van der Waals surface area (Å²) in [5, 5.41) is 15.2. The lowest BCUT2D eigenvalue weighted by Gasteiger charge is -2.21. The quantitative estimate of drug-likeness (QED) is 0.222. The van der Waals surface area contributed by atoms with Gasteiger partial charge in [-0.15, -0.1) is 0 Å². The van der Waals surface area contributed by atoms with Gasteiger partial charge in [0, 0.05) is 29.9 Å². The number of rotatable bonds is 7. The van der Waals surface area contributed by atoms with Crippen molar-refractivity contribution in [2.45, 2.75) is 20.8 Å². The van der Waals surface area contributed by atoms with E-state index in [9.17, 15) is 10.0 Å². The molecule has 0 fully saturated rings. The van der Waals surface area contributed by atoms with E-state index in [0.29, 0.717) is 16.8 Å². The molecular formula is C25H28N4O2. The summed E-state index contributed by atoms with van der Waals surface area (Å²) in [6.45, 7) is 7.90. The van der Waals surface area contributed by atoms with Gasteiger partial charge in [0.15, 0.2) is 5.84 Å². The molecule has 1 amide bonds. The van der Waals surface area contributed by atoms with Crippen molar-refractivity contribution < 1.29 is 10.0 Å². The number of hydrogen-bond donors (Lipinski definition) is 3. The molecule has 6 heteroatoms. The third-order valence-electron chi connectivity index (χ3n) is 5.27. The summed E-state index contributed by atoms with van der Waals surface area (Å²) in [5.74, 6) is -0.329. The number of carbonyl (C=O) groups excluding carboxylic acids is 1. The molecule has 0 unspecified atom stereocenters. The van der Waals surface area contributed by atoms with Crippen LogP contribution in [0.5, 0.6) is 0 Å². The van der Waals surface area contributed by atoms with Crippen LogP contribution in [0, 0.1) is 6.92 Å². The molecule has 0 aliphatic carbocycles. The summed E-state index contributed by atoms with van der Waals surface area (Å²) in [6.07, 6.45) is 0. The maximum Gasteiger partial charge on any atom is 0.255 e. The molecule has 3 rings (SSSR count). The number of aryl methyl sites for hydroxylation is 1. The molecule has 0 aliphatic heterocycles. The fraction of sp³-hybridized carbons (Fsp3) is 0.200. The number of amides is 1. The molecule has 6 nitrogen and oxygen atoms in total. The number of anilines is 2. The van der Waals surface area contributed by atoms with Crippen LogP contribution in [0.25, 0.3) is 11.1 Å². The maximum atomic E-state index is 13.0. The molecule has 0 radical (unpaired) electrons. The molecule has 0 atom stereocenters. The molecule has 4 N–H and O–H groups in total. The maximum absolute atomic E-state index is 13.0. The summed E-state index contributed by atoms with van der Waals surface area (Å²) in [5.41, 5.74) is 11.4. The van der Waals surface area contributed by atoms with E-state index in [2.05, 4.69) is 29.2 Å². The van der Waals surface area contributed by atoms with Crippen LogP contribution in [0.15, 0.2) is 71.9 Å². The van der Waals surface area contributed by atoms with Crippen LogP contribution in [0.1, 0.15) is 35.3 Å². The summed E-state index contributed by atoms with van der Waals surface area (Å²) in [4.78, 5) is 15.2. The van der Waals surface area contributed by atoms with Crippen LogP contribution in [0.3, 0.4) is 0 Å². The Bertz CT molecular complexity index is 1090. The van der Waals surface area contributed by atoms with Crippen molar-refractivity contribution in [2.24, 2.45) is 10.9 Å². The zero-order chi connectivity index (χ0) is 22.4. The first-order valence-electron chi connectivity index (χ1n) is 10.3. The molecule has 0 heterocycles. The second-order valence-electron chi connectivity index (χ2n) is 7.29. The van der Waals surface area contributed by atoms with E-state index in [4.69, 9.17) is 5.73 Å². The van der Waals surface area contributed by atoms with Gasteiger partial charge >= 0.3 is 0 Å². The average Bonchev–Trinajstić information content (AvgIpc) is 2.80. The minimum Gasteiger partial charge on any atom is -0.409 e. The molecule has 3 aromatic carbocycles. The topological polar surface area (TPSA) is 91.0 Å². The lowest BCUT2D eigenvalue weighted by atomic mass is 10.0. The van der Waals surface area contributed by atoms with Gasteiger partial charge in [-0.05, 0) is 62.2 Å². The first kappa shape index (κ1) is 21.9. The molecule has 0 aliphatic rings. The highest BCUT2D eigenvalue weighted by Crippen LogP contribution is 2.27. The second kappa shape index (κ2) is 9.80. The number of amidine groups is 1. The van der Waals surface area contributed by atoms with E-state index < -0.39 is 0 Å². The van der Waals surface area contributed by atoms with Gasteiger partial charge < -0.3 is 21.2 Å². The number of oxime groups is 1. The van der Waals surface area contributed by atoms with Crippen LogP contribution >= 0.6 is 0 Å². The summed E-state index contributed by atoms with van der Waals surface area (Å²) < 4.78 is 0. The highest BCUT2D eigenvalue weighted by atomic mass is 16.4. The minimum absolute atomic E-state index is 0.0670. The Morgan fingerprint density at radius 3 is 2.32 bits per heavy atom. The average molecular weight is 417 g/mol. The Balaban J connectivity index is 1.97. The van der Waals surface area contributed by atoms with Crippen LogP contribution in [-0.2, 0) is 0 Å². The number of nitrogens with two attached hydrogens (primary N) is 1.